The second-order valence-corrected chi connectivity index (χ2v) is 5.67. The van der Waals surface area contributed by atoms with E-state index in [2.05, 4.69) is 22.1 Å². The molecule has 0 bridgehead atoms. The average molecular weight is 292 g/mol. The summed E-state index contributed by atoms with van der Waals surface area (Å²) in [5, 5.41) is 13.9. The van der Waals surface area contributed by atoms with E-state index in [1.54, 1.807) is 17.5 Å². The lowest BCUT2D eigenvalue weighted by Gasteiger charge is -1.98. The zero-order chi connectivity index (χ0) is 13.5. The van der Waals surface area contributed by atoms with Crippen LogP contribution in [-0.4, -0.2) is 22.6 Å². The highest BCUT2D eigenvalue weighted by Crippen LogP contribution is 2.18. The summed E-state index contributed by atoms with van der Waals surface area (Å²) in [7, 11) is 0. The van der Waals surface area contributed by atoms with Crippen LogP contribution in [-0.2, 0) is 11.2 Å². The van der Waals surface area contributed by atoms with Crippen LogP contribution in [0.25, 0.3) is 0 Å². The maximum absolute atomic E-state index is 11.7. The number of thiazole rings is 1. The second-order valence-electron chi connectivity index (χ2n) is 3.61. The van der Waals surface area contributed by atoms with Crippen molar-refractivity contribution in [2.45, 2.75) is 12.8 Å². The first kappa shape index (κ1) is 13.7. The van der Waals surface area contributed by atoms with Gasteiger partial charge in [-0.3, -0.25) is 4.79 Å². The summed E-state index contributed by atoms with van der Waals surface area (Å²) in [6.07, 6.45) is 2.43. The number of aromatic nitrogens is 1. The van der Waals surface area contributed by atoms with E-state index in [-0.39, 0.29) is 12.5 Å². The number of aliphatic hydroxyl groups is 1. The summed E-state index contributed by atoms with van der Waals surface area (Å²) in [4.78, 5) is 17.6. The quantitative estimate of drug-likeness (QED) is 0.849. The number of carbonyl (C=O) groups is 1. The molecule has 2 N–H and O–H groups in total. The molecule has 0 aromatic carbocycles. The second kappa shape index (κ2) is 7.04. The lowest BCUT2D eigenvalue weighted by atomic mass is 10.3. The minimum Gasteiger partial charge on any atom is -0.395 e. The molecule has 2 aromatic heterocycles. The molecule has 0 aliphatic rings. The molecule has 1 amide bonds. The lowest BCUT2D eigenvalue weighted by molar-refractivity contribution is -0.115. The van der Waals surface area contributed by atoms with Crippen molar-refractivity contribution in [2.24, 2.45) is 0 Å². The van der Waals surface area contributed by atoms with Crippen molar-refractivity contribution in [3.05, 3.63) is 33.5 Å². The highest BCUT2D eigenvalue weighted by molar-refractivity contribution is 7.16. The van der Waals surface area contributed by atoms with Crippen LogP contribution in [0.4, 0.5) is 5.13 Å². The molecule has 2 heterocycles. The van der Waals surface area contributed by atoms with Crippen molar-refractivity contribution < 1.29 is 9.90 Å². The van der Waals surface area contributed by atoms with E-state index in [1.807, 2.05) is 17.5 Å². The monoisotopic (exact) mass is 292 g/mol. The van der Waals surface area contributed by atoms with Gasteiger partial charge in [0.05, 0.1) is 24.1 Å². The van der Waals surface area contributed by atoms with E-state index in [0.29, 0.717) is 18.0 Å². The van der Waals surface area contributed by atoms with E-state index >= 15 is 0 Å². The van der Waals surface area contributed by atoms with Gasteiger partial charge in [0.15, 0.2) is 5.13 Å². The molecule has 0 saturated heterocycles. The molecule has 98 valence electrons. The largest absolute Gasteiger partial charge is 0.395 e. The summed E-state index contributed by atoms with van der Waals surface area (Å²) < 4.78 is 0. The normalized spacial score (nSPS) is 9.74. The standard InChI is InChI=1S/C13H12N2O2S2/c16-6-2-1-4-11-9-14-13(19-11)15-12(17)8-10-5-3-7-18-10/h3,5,7,9,16H,2,6,8H2,(H,14,15,17). The van der Waals surface area contributed by atoms with Crippen molar-refractivity contribution >= 4 is 33.7 Å². The van der Waals surface area contributed by atoms with Gasteiger partial charge in [-0.05, 0) is 11.4 Å². The van der Waals surface area contributed by atoms with Crippen molar-refractivity contribution in [1.82, 2.24) is 4.98 Å². The molecular weight excluding hydrogens is 280 g/mol. The molecule has 0 aliphatic heterocycles. The number of hydrogen-bond donors (Lipinski definition) is 2. The molecule has 0 unspecified atom stereocenters. The first-order valence-electron chi connectivity index (χ1n) is 5.65. The van der Waals surface area contributed by atoms with Crippen molar-refractivity contribution in [1.29, 1.82) is 0 Å². The molecule has 0 fully saturated rings. The zero-order valence-electron chi connectivity index (χ0n) is 10.0. The van der Waals surface area contributed by atoms with Crippen LogP contribution in [0.15, 0.2) is 23.7 Å². The number of anilines is 1. The number of nitrogens with zero attached hydrogens (tertiary/aromatic N) is 1. The molecule has 0 aliphatic carbocycles. The summed E-state index contributed by atoms with van der Waals surface area (Å²) in [5.74, 6) is 5.62. The molecule has 6 heteroatoms. The van der Waals surface area contributed by atoms with Gasteiger partial charge in [-0.1, -0.05) is 29.2 Å². The molecule has 19 heavy (non-hydrogen) atoms. The van der Waals surface area contributed by atoms with Crippen LogP contribution in [0.5, 0.6) is 0 Å². The van der Waals surface area contributed by atoms with Crippen LogP contribution in [0, 0.1) is 11.8 Å². The van der Waals surface area contributed by atoms with Crippen LogP contribution >= 0.6 is 22.7 Å². The van der Waals surface area contributed by atoms with E-state index < -0.39 is 0 Å². The van der Waals surface area contributed by atoms with Crippen LogP contribution < -0.4 is 5.32 Å². The third kappa shape index (κ3) is 4.48. The Morgan fingerprint density at radius 2 is 2.42 bits per heavy atom. The van der Waals surface area contributed by atoms with Crippen molar-refractivity contribution in [3.8, 4) is 11.8 Å². The topological polar surface area (TPSA) is 62.2 Å². The Morgan fingerprint density at radius 3 is 3.16 bits per heavy atom. The number of nitrogens with one attached hydrogen (secondary N) is 1. The van der Waals surface area contributed by atoms with Crippen LogP contribution in [0.3, 0.4) is 0 Å². The number of thiophene rings is 1. The summed E-state index contributed by atoms with van der Waals surface area (Å²) in [6, 6.07) is 3.85. The number of hydrogen-bond acceptors (Lipinski definition) is 5. The Hall–Kier alpha value is -1.68. The fourth-order valence-corrected chi connectivity index (χ4v) is 2.74. The van der Waals surface area contributed by atoms with Gasteiger partial charge in [0.25, 0.3) is 0 Å². The first-order valence-corrected chi connectivity index (χ1v) is 7.35. The molecule has 4 nitrogen and oxygen atoms in total. The van der Waals surface area contributed by atoms with Gasteiger partial charge >= 0.3 is 0 Å². The molecule has 2 rings (SSSR count). The van der Waals surface area contributed by atoms with Gasteiger partial charge in [-0.25, -0.2) is 4.98 Å². The van der Waals surface area contributed by atoms with Crippen LogP contribution in [0.2, 0.25) is 0 Å². The van der Waals surface area contributed by atoms with Gasteiger partial charge in [-0.15, -0.1) is 11.3 Å². The molecule has 0 atom stereocenters. The number of amides is 1. The molecule has 0 saturated carbocycles. The maximum atomic E-state index is 11.7. The van der Waals surface area contributed by atoms with Crippen molar-refractivity contribution in [3.63, 3.8) is 0 Å². The molecule has 0 radical (unpaired) electrons. The minimum absolute atomic E-state index is 0.0518. The Kier molecular flexibility index (Phi) is 5.10. The molecule has 2 aromatic rings. The number of carbonyl (C=O) groups excluding carboxylic acids is 1. The summed E-state index contributed by atoms with van der Waals surface area (Å²) in [6.45, 7) is 0.0518. The van der Waals surface area contributed by atoms with E-state index in [4.69, 9.17) is 5.11 Å². The summed E-state index contributed by atoms with van der Waals surface area (Å²) >= 11 is 2.89. The molecule has 0 spiro atoms. The highest BCUT2D eigenvalue weighted by Gasteiger charge is 2.07. The fraction of sp³-hybridized carbons (Fsp3) is 0.231. The Labute approximate surface area is 119 Å². The fourth-order valence-electron chi connectivity index (χ4n) is 1.33. The first-order chi connectivity index (χ1) is 9.28. The van der Waals surface area contributed by atoms with Gasteiger partial charge < -0.3 is 10.4 Å². The van der Waals surface area contributed by atoms with E-state index in [1.165, 1.54) is 11.3 Å². The van der Waals surface area contributed by atoms with E-state index in [0.717, 1.165) is 9.75 Å². The Balaban J connectivity index is 1.89. The molecular formula is C13H12N2O2S2. The third-order valence-corrected chi connectivity index (χ3v) is 3.82. The Bertz CT molecular complexity index is 594. The van der Waals surface area contributed by atoms with E-state index in [9.17, 15) is 4.79 Å². The predicted octanol–water partition coefficient (Wildman–Crippen LogP) is 2.12. The highest BCUT2D eigenvalue weighted by atomic mass is 32.1. The maximum Gasteiger partial charge on any atom is 0.231 e. The van der Waals surface area contributed by atoms with Gasteiger partial charge in [0.2, 0.25) is 5.91 Å². The van der Waals surface area contributed by atoms with Gasteiger partial charge in [-0.2, -0.15) is 0 Å². The van der Waals surface area contributed by atoms with Crippen molar-refractivity contribution in [2.75, 3.05) is 11.9 Å². The third-order valence-electron chi connectivity index (χ3n) is 2.12. The average Bonchev–Trinajstić information content (AvgIpc) is 3.02. The predicted molar refractivity (Wildman–Crippen MR) is 77.3 cm³/mol. The van der Waals surface area contributed by atoms with Gasteiger partial charge in [0.1, 0.15) is 0 Å². The van der Waals surface area contributed by atoms with Gasteiger partial charge in [0, 0.05) is 11.3 Å². The minimum atomic E-state index is -0.0772. The number of rotatable bonds is 4. The number of aliphatic hydroxyl groups excluding tert-OH is 1. The smallest absolute Gasteiger partial charge is 0.231 e. The SMILES string of the molecule is O=C(Cc1cccs1)Nc1ncc(C#CCCO)s1. The summed E-state index contributed by atoms with van der Waals surface area (Å²) in [5.41, 5.74) is 0. The zero-order valence-corrected chi connectivity index (χ0v) is 11.7. The lowest BCUT2D eigenvalue weighted by Crippen LogP contribution is -2.13. The Morgan fingerprint density at radius 1 is 1.53 bits per heavy atom. The van der Waals surface area contributed by atoms with Crippen LogP contribution in [0.1, 0.15) is 16.2 Å².